The Morgan fingerprint density at radius 2 is 1.57 bits per heavy atom. The van der Waals surface area contributed by atoms with Crippen LogP contribution in [0.2, 0.25) is 0 Å². The van der Waals surface area contributed by atoms with Crippen molar-refractivity contribution >= 4 is 52.3 Å². The number of aromatic amines is 1. The second-order valence-corrected chi connectivity index (χ2v) is 10.3. The monoisotopic (exact) mass is 578 g/mol. The van der Waals surface area contributed by atoms with E-state index in [1.165, 1.54) is 11.8 Å². The van der Waals surface area contributed by atoms with E-state index >= 15 is 0 Å². The minimum absolute atomic E-state index is 0.113. The van der Waals surface area contributed by atoms with Gasteiger partial charge in [0.25, 0.3) is 0 Å². The van der Waals surface area contributed by atoms with E-state index < -0.39 is 60.2 Å². The lowest BCUT2D eigenvalue weighted by molar-refractivity contribution is -0.143. The van der Waals surface area contributed by atoms with E-state index in [9.17, 15) is 34.2 Å². The summed E-state index contributed by atoms with van der Waals surface area (Å²) in [5, 5.41) is 26.9. The number of H-pyrrole nitrogens is 1. The quantitative estimate of drug-likeness (QED) is 0.110. The molecule has 2 aromatic rings. The molecule has 10 N–H and O–H groups in total. The van der Waals surface area contributed by atoms with Crippen molar-refractivity contribution in [3.63, 3.8) is 0 Å². The zero-order chi connectivity index (χ0) is 29.7. The fourth-order valence-electron chi connectivity index (χ4n) is 4.09. The van der Waals surface area contributed by atoms with Crippen molar-refractivity contribution in [3.8, 4) is 0 Å². The number of unbranched alkanes of at least 4 members (excludes halogenated alkanes) is 1. The van der Waals surface area contributed by atoms with Gasteiger partial charge in [0, 0.05) is 17.1 Å². The molecular weight excluding hydrogens is 540 g/mol. The first-order valence-electron chi connectivity index (χ1n) is 12.9. The number of aromatic nitrogens is 1. The van der Waals surface area contributed by atoms with Gasteiger partial charge in [-0.15, -0.1) is 0 Å². The average molecular weight is 579 g/mol. The first-order chi connectivity index (χ1) is 19.1. The number of hydrogen-bond donors (Lipinski definition) is 8. The highest BCUT2D eigenvalue weighted by atomic mass is 32.2. The van der Waals surface area contributed by atoms with Crippen LogP contribution in [0.15, 0.2) is 30.5 Å². The van der Waals surface area contributed by atoms with E-state index in [2.05, 4.69) is 20.9 Å². The topological polar surface area (TPSA) is 230 Å². The summed E-state index contributed by atoms with van der Waals surface area (Å²) in [5.74, 6) is -4.55. The Morgan fingerprint density at radius 1 is 0.925 bits per heavy atom. The molecule has 220 valence electrons. The standard InChI is InChI=1S/C26H38N6O7S/c1-40-11-9-20(26(38)39)31-25(37)21(13-22(33)34)32-24(36)19(8-4-5-10-27)30-23(35)17(28)12-15-14-29-18-7-3-2-6-16(15)18/h2-3,6-7,14,17,19-21,29H,4-5,8-13,27-28H2,1H3,(H,30,35)(H,31,37)(H,32,36)(H,33,34)(H,38,39). The van der Waals surface area contributed by atoms with Gasteiger partial charge in [-0.05, 0) is 62.3 Å². The Morgan fingerprint density at radius 3 is 2.23 bits per heavy atom. The summed E-state index contributed by atoms with van der Waals surface area (Å²) in [6.45, 7) is 0.360. The summed E-state index contributed by atoms with van der Waals surface area (Å²) in [5.41, 5.74) is 13.5. The number of benzene rings is 1. The van der Waals surface area contributed by atoms with Crippen molar-refractivity contribution < 1.29 is 34.2 Å². The highest BCUT2D eigenvalue weighted by molar-refractivity contribution is 7.98. The molecular formula is C26H38N6O7S. The maximum Gasteiger partial charge on any atom is 0.326 e. The fraction of sp³-hybridized carbons (Fsp3) is 0.500. The molecule has 4 unspecified atom stereocenters. The van der Waals surface area contributed by atoms with E-state index in [4.69, 9.17) is 11.5 Å². The number of para-hydroxylation sites is 1. The maximum absolute atomic E-state index is 13.2. The minimum atomic E-state index is -1.56. The number of nitrogens with one attached hydrogen (secondary N) is 4. The van der Waals surface area contributed by atoms with Crippen LogP contribution in [-0.4, -0.2) is 87.6 Å². The minimum Gasteiger partial charge on any atom is -0.481 e. The van der Waals surface area contributed by atoms with E-state index in [0.717, 1.165) is 16.5 Å². The van der Waals surface area contributed by atoms with Gasteiger partial charge < -0.3 is 42.6 Å². The summed E-state index contributed by atoms with van der Waals surface area (Å²) in [7, 11) is 0. The largest absolute Gasteiger partial charge is 0.481 e. The number of amides is 3. The Labute approximate surface area is 236 Å². The lowest BCUT2D eigenvalue weighted by Gasteiger charge is -2.24. The Bertz CT molecular complexity index is 1170. The van der Waals surface area contributed by atoms with Gasteiger partial charge in [-0.25, -0.2) is 4.79 Å². The molecule has 0 radical (unpaired) electrons. The van der Waals surface area contributed by atoms with Gasteiger partial charge in [-0.1, -0.05) is 18.2 Å². The van der Waals surface area contributed by atoms with Crippen LogP contribution in [0.3, 0.4) is 0 Å². The van der Waals surface area contributed by atoms with E-state index in [0.29, 0.717) is 25.1 Å². The number of carbonyl (C=O) groups is 5. The van der Waals surface area contributed by atoms with Crippen LogP contribution in [0.1, 0.15) is 37.7 Å². The molecule has 14 heteroatoms. The molecule has 0 bridgehead atoms. The molecule has 1 aromatic heterocycles. The summed E-state index contributed by atoms with van der Waals surface area (Å²) in [6.07, 6.45) is 4.28. The molecule has 40 heavy (non-hydrogen) atoms. The van der Waals surface area contributed by atoms with Crippen LogP contribution in [0.25, 0.3) is 10.9 Å². The first kappa shape index (κ1) is 32.6. The van der Waals surface area contributed by atoms with E-state index in [1.54, 1.807) is 12.5 Å². The normalized spacial score (nSPS) is 14.1. The van der Waals surface area contributed by atoms with Crippen LogP contribution < -0.4 is 27.4 Å². The van der Waals surface area contributed by atoms with Gasteiger partial charge >= 0.3 is 11.9 Å². The predicted molar refractivity (Wildman–Crippen MR) is 152 cm³/mol. The van der Waals surface area contributed by atoms with Crippen LogP contribution >= 0.6 is 11.8 Å². The van der Waals surface area contributed by atoms with E-state index in [1.807, 2.05) is 24.3 Å². The molecule has 1 aromatic carbocycles. The van der Waals surface area contributed by atoms with Gasteiger partial charge in [0.1, 0.15) is 18.1 Å². The van der Waals surface area contributed by atoms with Gasteiger partial charge in [0.05, 0.1) is 12.5 Å². The molecule has 2 rings (SSSR count). The Balaban J connectivity index is 2.13. The van der Waals surface area contributed by atoms with Gasteiger partial charge in [0.15, 0.2) is 0 Å². The molecule has 0 aliphatic carbocycles. The molecule has 0 spiro atoms. The molecule has 3 amide bonds. The van der Waals surface area contributed by atoms with Gasteiger partial charge in [-0.2, -0.15) is 11.8 Å². The molecule has 0 aliphatic rings. The van der Waals surface area contributed by atoms with Crippen molar-refractivity contribution in [3.05, 3.63) is 36.0 Å². The molecule has 1 heterocycles. The predicted octanol–water partition coefficient (Wildman–Crippen LogP) is -0.0665. The number of carboxylic acids is 2. The summed E-state index contributed by atoms with van der Waals surface area (Å²) >= 11 is 1.39. The Hall–Kier alpha value is -3.62. The summed E-state index contributed by atoms with van der Waals surface area (Å²) in [4.78, 5) is 65.0. The molecule has 0 saturated heterocycles. The first-order valence-corrected chi connectivity index (χ1v) is 14.3. The van der Waals surface area contributed by atoms with E-state index in [-0.39, 0.29) is 19.3 Å². The zero-order valence-corrected chi connectivity index (χ0v) is 23.2. The number of carboxylic acid groups (broad SMARTS) is 2. The number of carbonyl (C=O) groups excluding carboxylic acids is 3. The fourth-order valence-corrected chi connectivity index (χ4v) is 4.56. The number of thioether (sulfide) groups is 1. The second kappa shape index (κ2) is 16.5. The third-order valence-electron chi connectivity index (χ3n) is 6.27. The number of fused-ring (bicyclic) bond motifs is 1. The molecule has 13 nitrogen and oxygen atoms in total. The van der Waals surface area contributed by atoms with Crippen molar-refractivity contribution in [2.75, 3.05) is 18.6 Å². The van der Waals surface area contributed by atoms with Crippen LogP contribution in [0.5, 0.6) is 0 Å². The van der Waals surface area contributed by atoms with Crippen LogP contribution in [0.4, 0.5) is 0 Å². The maximum atomic E-state index is 13.2. The SMILES string of the molecule is CSCCC(NC(=O)C(CC(=O)O)NC(=O)C(CCCCN)NC(=O)C(N)Cc1c[nH]c2ccccc12)C(=O)O. The van der Waals surface area contributed by atoms with Crippen molar-refractivity contribution in [2.45, 2.75) is 62.7 Å². The van der Waals surface area contributed by atoms with Crippen molar-refractivity contribution in [2.24, 2.45) is 11.5 Å². The molecule has 0 aliphatic heterocycles. The summed E-state index contributed by atoms with van der Waals surface area (Å²) in [6, 6.07) is 2.62. The second-order valence-electron chi connectivity index (χ2n) is 9.36. The highest BCUT2D eigenvalue weighted by Crippen LogP contribution is 2.19. The molecule has 4 atom stereocenters. The Kier molecular flexibility index (Phi) is 13.4. The lowest BCUT2D eigenvalue weighted by atomic mass is 10.0. The van der Waals surface area contributed by atoms with Gasteiger partial charge in [0.2, 0.25) is 17.7 Å². The van der Waals surface area contributed by atoms with Crippen molar-refractivity contribution in [1.82, 2.24) is 20.9 Å². The van der Waals surface area contributed by atoms with Gasteiger partial charge in [-0.3, -0.25) is 19.2 Å². The molecule has 0 saturated carbocycles. The zero-order valence-electron chi connectivity index (χ0n) is 22.4. The number of aliphatic carboxylic acids is 2. The van der Waals surface area contributed by atoms with Crippen LogP contribution in [-0.2, 0) is 30.4 Å². The number of rotatable bonds is 18. The number of nitrogens with two attached hydrogens (primary N) is 2. The number of hydrogen-bond acceptors (Lipinski definition) is 8. The third kappa shape index (κ3) is 10.2. The highest BCUT2D eigenvalue weighted by Gasteiger charge is 2.31. The average Bonchev–Trinajstić information content (AvgIpc) is 3.32. The third-order valence-corrected chi connectivity index (χ3v) is 6.91. The molecule has 0 fully saturated rings. The van der Waals surface area contributed by atoms with Crippen LogP contribution in [0, 0.1) is 0 Å². The smallest absolute Gasteiger partial charge is 0.326 e. The van der Waals surface area contributed by atoms with Crippen molar-refractivity contribution in [1.29, 1.82) is 0 Å². The summed E-state index contributed by atoms with van der Waals surface area (Å²) < 4.78 is 0. The lowest BCUT2D eigenvalue weighted by Crippen LogP contribution is -2.57.